The molecule has 0 spiro atoms. The van der Waals surface area contributed by atoms with Gasteiger partial charge in [-0.2, -0.15) is 0 Å². The van der Waals surface area contributed by atoms with Crippen LogP contribution < -0.4 is 9.47 Å². The maximum atomic E-state index is 14.2. The molecule has 2 atom stereocenters. The number of benzene rings is 2. The molecule has 31 heavy (non-hydrogen) atoms. The fraction of sp³-hybridized carbons (Fsp3) is 0.435. The van der Waals surface area contributed by atoms with Crippen LogP contribution in [0.2, 0.25) is 10.0 Å². The zero-order valence-electron chi connectivity index (χ0n) is 17.8. The summed E-state index contributed by atoms with van der Waals surface area (Å²) in [7, 11) is 0. The highest BCUT2D eigenvalue weighted by Gasteiger charge is 2.22. The summed E-state index contributed by atoms with van der Waals surface area (Å²) in [6.07, 6.45) is -1.89. The third-order valence-electron chi connectivity index (χ3n) is 4.05. The van der Waals surface area contributed by atoms with E-state index < -0.39 is 18.2 Å². The van der Waals surface area contributed by atoms with E-state index in [0.29, 0.717) is 28.0 Å². The molecule has 2 aromatic rings. The van der Waals surface area contributed by atoms with Crippen molar-refractivity contribution in [3.05, 3.63) is 58.1 Å². The Morgan fingerprint density at radius 3 is 2.48 bits per heavy atom. The van der Waals surface area contributed by atoms with E-state index in [1.165, 1.54) is 6.07 Å². The van der Waals surface area contributed by atoms with Crippen LogP contribution in [-0.4, -0.2) is 44.2 Å². The molecule has 2 aromatic carbocycles. The highest BCUT2D eigenvalue weighted by Crippen LogP contribution is 2.27. The van der Waals surface area contributed by atoms with Gasteiger partial charge in [-0.05, 0) is 56.7 Å². The lowest BCUT2D eigenvalue weighted by atomic mass is 10.1. The smallest absolute Gasteiger partial charge is 0.335 e. The van der Waals surface area contributed by atoms with Gasteiger partial charge in [0.25, 0.3) is 0 Å². The van der Waals surface area contributed by atoms with Crippen LogP contribution in [0.3, 0.4) is 0 Å². The standard InChI is InChI=1S/C23H27Cl2FO5/c1-4-28-23(27)22(31-15(2)3)11-16-6-5-7-19(10-16)29-13-18(26)14-30-21-9-8-17(24)12-20(21)25/h5-10,12,15,18,22H,4,11,13-14H2,1-3H3. The Hall–Kier alpha value is -2.02. The molecule has 8 heteroatoms. The number of alkyl halides is 1. The zero-order valence-corrected chi connectivity index (χ0v) is 19.3. The number of rotatable bonds is 12. The summed E-state index contributed by atoms with van der Waals surface area (Å²) in [5.74, 6) is 0.423. The van der Waals surface area contributed by atoms with Crippen LogP contribution in [-0.2, 0) is 20.7 Å². The molecule has 0 fully saturated rings. The molecule has 0 N–H and O–H groups in total. The fourth-order valence-electron chi connectivity index (χ4n) is 2.73. The first kappa shape index (κ1) is 25.2. The number of carbonyl (C=O) groups excluding carboxylic acids is 1. The van der Waals surface area contributed by atoms with Crippen LogP contribution in [0.4, 0.5) is 4.39 Å². The van der Waals surface area contributed by atoms with Gasteiger partial charge in [0.15, 0.2) is 12.3 Å². The molecule has 0 bridgehead atoms. The molecule has 170 valence electrons. The van der Waals surface area contributed by atoms with Crippen molar-refractivity contribution < 1.29 is 28.1 Å². The summed E-state index contributed by atoms with van der Waals surface area (Å²) in [6.45, 7) is 5.32. The second kappa shape index (κ2) is 12.7. The van der Waals surface area contributed by atoms with Crippen LogP contribution in [0.5, 0.6) is 11.5 Å². The van der Waals surface area contributed by atoms with Gasteiger partial charge >= 0.3 is 5.97 Å². The van der Waals surface area contributed by atoms with Gasteiger partial charge < -0.3 is 18.9 Å². The highest BCUT2D eigenvalue weighted by atomic mass is 35.5. The van der Waals surface area contributed by atoms with Gasteiger partial charge in [-0.3, -0.25) is 0 Å². The van der Waals surface area contributed by atoms with Gasteiger partial charge in [-0.1, -0.05) is 35.3 Å². The summed E-state index contributed by atoms with van der Waals surface area (Å²) in [5, 5.41) is 0.787. The first-order chi connectivity index (χ1) is 14.8. The van der Waals surface area contributed by atoms with E-state index in [0.717, 1.165) is 5.56 Å². The Morgan fingerprint density at radius 2 is 1.81 bits per heavy atom. The van der Waals surface area contributed by atoms with Crippen molar-refractivity contribution in [1.82, 2.24) is 0 Å². The summed E-state index contributed by atoms with van der Waals surface area (Å²) in [5.41, 5.74) is 0.816. The first-order valence-corrected chi connectivity index (χ1v) is 10.8. The lowest BCUT2D eigenvalue weighted by molar-refractivity contribution is -0.159. The van der Waals surface area contributed by atoms with E-state index in [1.807, 2.05) is 19.9 Å². The van der Waals surface area contributed by atoms with Gasteiger partial charge in [0.1, 0.15) is 24.7 Å². The van der Waals surface area contributed by atoms with Crippen molar-refractivity contribution in [3.8, 4) is 11.5 Å². The van der Waals surface area contributed by atoms with E-state index in [-0.39, 0.29) is 25.9 Å². The summed E-state index contributed by atoms with van der Waals surface area (Å²) in [4.78, 5) is 12.2. The molecular weight excluding hydrogens is 446 g/mol. The van der Waals surface area contributed by atoms with Crippen LogP contribution in [0.1, 0.15) is 26.3 Å². The highest BCUT2D eigenvalue weighted by molar-refractivity contribution is 6.35. The van der Waals surface area contributed by atoms with Crippen molar-refractivity contribution in [3.63, 3.8) is 0 Å². The molecule has 0 radical (unpaired) electrons. The number of hydrogen-bond acceptors (Lipinski definition) is 5. The van der Waals surface area contributed by atoms with Crippen molar-refractivity contribution in [2.75, 3.05) is 19.8 Å². The maximum absolute atomic E-state index is 14.2. The van der Waals surface area contributed by atoms with Crippen LogP contribution in [0, 0.1) is 0 Å². The maximum Gasteiger partial charge on any atom is 0.335 e. The molecule has 0 aromatic heterocycles. The van der Waals surface area contributed by atoms with Gasteiger partial charge in [-0.25, -0.2) is 9.18 Å². The van der Waals surface area contributed by atoms with E-state index >= 15 is 0 Å². The van der Waals surface area contributed by atoms with Crippen LogP contribution in [0.15, 0.2) is 42.5 Å². The van der Waals surface area contributed by atoms with E-state index in [4.69, 9.17) is 42.1 Å². The Balaban J connectivity index is 1.89. The number of halogens is 3. The Kier molecular flexibility index (Phi) is 10.4. The quantitative estimate of drug-likeness (QED) is 0.371. The number of carbonyl (C=O) groups is 1. The molecule has 2 rings (SSSR count). The van der Waals surface area contributed by atoms with E-state index in [1.54, 1.807) is 37.3 Å². The summed E-state index contributed by atoms with van der Waals surface area (Å²) in [6, 6.07) is 11.8. The molecule has 0 aliphatic rings. The largest absolute Gasteiger partial charge is 0.490 e. The van der Waals surface area contributed by atoms with Crippen molar-refractivity contribution in [2.45, 2.75) is 45.6 Å². The average Bonchev–Trinajstić information content (AvgIpc) is 2.71. The predicted octanol–water partition coefficient (Wildman–Crippen LogP) is 5.69. The fourth-order valence-corrected chi connectivity index (χ4v) is 3.20. The Morgan fingerprint density at radius 1 is 1.06 bits per heavy atom. The number of esters is 1. The molecule has 0 heterocycles. The lowest BCUT2D eigenvalue weighted by Gasteiger charge is -2.19. The molecule has 2 unspecified atom stereocenters. The van der Waals surface area contributed by atoms with Crippen molar-refractivity contribution in [1.29, 1.82) is 0 Å². The van der Waals surface area contributed by atoms with Gasteiger partial charge in [0, 0.05) is 11.4 Å². The SMILES string of the molecule is CCOC(=O)C(Cc1cccc(OCC(F)COc2ccc(Cl)cc2Cl)c1)OC(C)C. The molecule has 0 saturated carbocycles. The van der Waals surface area contributed by atoms with Crippen LogP contribution in [0.25, 0.3) is 0 Å². The van der Waals surface area contributed by atoms with E-state index in [2.05, 4.69) is 0 Å². The summed E-state index contributed by atoms with van der Waals surface area (Å²) < 4.78 is 35.9. The molecule has 5 nitrogen and oxygen atoms in total. The van der Waals surface area contributed by atoms with Crippen LogP contribution >= 0.6 is 23.2 Å². The third-order valence-corrected chi connectivity index (χ3v) is 4.58. The minimum atomic E-state index is -1.37. The normalized spacial score (nSPS) is 13.0. The molecule has 0 saturated heterocycles. The predicted molar refractivity (Wildman–Crippen MR) is 119 cm³/mol. The monoisotopic (exact) mass is 472 g/mol. The average molecular weight is 473 g/mol. The Bertz CT molecular complexity index is 846. The lowest BCUT2D eigenvalue weighted by Crippen LogP contribution is -2.31. The van der Waals surface area contributed by atoms with Crippen molar-refractivity contribution >= 4 is 29.2 Å². The molecule has 0 amide bonds. The molecular formula is C23H27Cl2FO5. The van der Waals surface area contributed by atoms with Gasteiger partial charge in [0.05, 0.1) is 17.7 Å². The third kappa shape index (κ3) is 8.93. The van der Waals surface area contributed by atoms with Crippen molar-refractivity contribution in [2.24, 2.45) is 0 Å². The summed E-state index contributed by atoms with van der Waals surface area (Å²) >= 11 is 11.8. The molecule has 0 aliphatic carbocycles. The first-order valence-electron chi connectivity index (χ1n) is 10.0. The van der Waals surface area contributed by atoms with Gasteiger partial charge in [-0.15, -0.1) is 0 Å². The van der Waals surface area contributed by atoms with E-state index in [9.17, 15) is 9.18 Å². The minimum Gasteiger partial charge on any atom is -0.490 e. The molecule has 0 aliphatic heterocycles. The topological polar surface area (TPSA) is 54.0 Å². The number of hydrogen-bond donors (Lipinski definition) is 0. The second-order valence-electron chi connectivity index (χ2n) is 7.07. The number of ether oxygens (including phenoxy) is 4. The minimum absolute atomic E-state index is 0.129. The van der Waals surface area contributed by atoms with Gasteiger partial charge in [0.2, 0.25) is 0 Å². The second-order valence-corrected chi connectivity index (χ2v) is 7.91. The zero-order chi connectivity index (χ0) is 22.8. The Labute approximate surface area is 192 Å².